The summed E-state index contributed by atoms with van der Waals surface area (Å²) in [5.41, 5.74) is -1.06. The lowest BCUT2D eigenvalue weighted by Gasteiger charge is -2.19. The second-order valence-electron chi connectivity index (χ2n) is 5.39. The van der Waals surface area contributed by atoms with Gasteiger partial charge in [-0.15, -0.1) is 0 Å². The highest BCUT2D eigenvalue weighted by molar-refractivity contribution is 7.89. The molecule has 5 nitrogen and oxygen atoms in total. The Labute approximate surface area is 128 Å². The van der Waals surface area contributed by atoms with Crippen LogP contribution in [-0.4, -0.2) is 40.0 Å². The maximum atomic E-state index is 13.0. The number of sulfonamides is 1. The van der Waals surface area contributed by atoms with Gasteiger partial charge in [-0.2, -0.15) is 13.2 Å². The zero-order valence-electron chi connectivity index (χ0n) is 12.6. The number of primary sulfonamides is 1. The Balaban J connectivity index is 3.05. The van der Waals surface area contributed by atoms with E-state index in [1.807, 2.05) is 25.9 Å². The predicted octanol–water partition coefficient (Wildman–Crippen LogP) is 2.10. The third-order valence-electron chi connectivity index (χ3n) is 3.01. The number of benzene rings is 1. The first-order chi connectivity index (χ1) is 9.91. The van der Waals surface area contributed by atoms with Crippen molar-refractivity contribution in [2.75, 3.05) is 26.0 Å². The number of halogens is 3. The van der Waals surface area contributed by atoms with Crippen LogP contribution in [0.2, 0.25) is 0 Å². The van der Waals surface area contributed by atoms with Crippen LogP contribution in [0.25, 0.3) is 0 Å². The van der Waals surface area contributed by atoms with Gasteiger partial charge in [0.05, 0.1) is 10.5 Å². The lowest BCUT2D eigenvalue weighted by molar-refractivity contribution is -0.139. The van der Waals surface area contributed by atoms with Crippen molar-refractivity contribution in [2.24, 2.45) is 5.14 Å². The molecule has 1 aromatic carbocycles. The molecule has 0 aliphatic heterocycles. The standard InChI is InChI=1S/C13H20F3N3O2S/c1-9(6-7-19(2)3)18-10-4-5-12(22(17,20)21)11(8-10)13(14,15)16/h4-5,8-9,18H,6-7H2,1-3H3,(H2,17,20,21). The van der Waals surface area contributed by atoms with E-state index in [9.17, 15) is 21.6 Å². The van der Waals surface area contributed by atoms with Gasteiger partial charge < -0.3 is 10.2 Å². The SMILES string of the molecule is CC(CCN(C)C)Nc1ccc(S(N)(=O)=O)c(C(F)(F)F)c1. The molecule has 22 heavy (non-hydrogen) atoms. The summed E-state index contributed by atoms with van der Waals surface area (Å²) in [5.74, 6) is 0. The molecular formula is C13H20F3N3O2S. The lowest BCUT2D eigenvalue weighted by Crippen LogP contribution is -2.24. The van der Waals surface area contributed by atoms with E-state index in [1.165, 1.54) is 6.07 Å². The van der Waals surface area contributed by atoms with Crippen molar-refractivity contribution in [3.8, 4) is 0 Å². The molecule has 1 atom stereocenters. The van der Waals surface area contributed by atoms with E-state index in [0.29, 0.717) is 0 Å². The lowest BCUT2D eigenvalue weighted by atomic mass is 10.1. The summed E-state index contributed by atoms with van der Waals surface area (Å²) < 4.78 is 61.5. The van der Waals surface area contributed by atoms with Gasteiger partial charge in [-0.1, -0.05) is 0 Å². The Bertz CT molecular complexity index is 615. The van der Waals surface area contributed by atoms with Crippen molar-refractivity contribution >= 4 is 15.7 Å². The topological polar surface area (TPSA) is 75.4 Å². The van der Waals surface area contributed by atoms with Crippen molar-refractivity contribution < 1.29 is 21.6 Å². The fraction of sp³-hybridized carbons (Fsp3) is 0.538. The van der Waals surface area contributed by atoms with Crippen LogP contribution in [0, 0.1) is 0 Å². The van der Waals surface area contributed by atoms with E-state index in [-0.39, 0.29) is 11.7 Å². The fourth-order valence-electron chi connectivity index (χ4n) is 1.90. The van der Waals surface area contributed by atoms with E-state index >= 15 is 0 Å². The van der Waals surface area contributed by atoms with Crippen LogP contribution < -0.4 is 10.5 Å². The highest BCUT2D eigenvalue weighted by Gasteiger charge is 2.36. The minimum atomic E-state index is -4.80. The molecule has 0 fully saturated rings. The number of nitrogens with one attached hydrogen (secondary N) is 1. The highest BCUT2D eigenvalue weighted by Crippen LogP contribution is 2.35. The smallest absolute Gasteiger partial charge is 0.383 e. The molecule has 1 unspecified atom stereocenters. The average Bonchev–Trinajstić information content (AvgIpc) is 2.34. The van der Waals surface area contributed by atoms with Crippen LogP contribution in [0.3, 0.4) is 0 Å². The van der Waals surface area contributed by atoms with Gasteiger partial charge in [0.1, 0.15) is 0 Å². The van der Waals surface area contributed by atoms with E-state index in [4.69, 9.17) is 5.14 Å². The van der Waals surface area contributed by atoms with Crippen LogP contribution in [0.1, 0.15) is 18.9 Å². The minimum Gasteiger partial charge on any atom is -0.383 e. The van der Waals surface area contributed by atoms with Gasteiger partial charge in [-0.05, 0) is 52.2 Å². The van der Waals surface area contributed by atoms with E-state index < -0.39 is 26.7 Å². The first-order valence-electron chi connectivity index (χ1n) is 6.56. The molecule has 9 heteroatoms. The number of hydrogen-bond donors (Lipinski definition) is 2. The van der Waals surface area contributed by atoms with Gasteiger partial charge >= 0.3 is 6.18 Å². The Morgan fingerprint density at radius 1 is 1.32 bits per heavy atom. The number of alkyl halides is 3. The number of anilines is 1. The highest BCUT2D eigenvalue weighted by atomic mass is 32.2. The van der Waals surface area contributed by atoms with Gasteiger partial charge in [-0.25, -0.2) is 13.6 Å². The van der Waals surface area contributed by atoms with Crippen LogP contribution in [-0.2, 0) is 16.2 Å². The van der Waals surface area contributed by atoms with Crippen molar-refractivity contribution in [1.82, 2.24) is 4.90 Å². The fourth-order valence-corrected chi connectivity index (χ4v) is 2.64. The number of nitrogens with zero attached hydrogens (tertiary/aromatic N) is 1. The summed E-state index contributed by atoms with van der Waals surface area (Å²) in [5, 5.41) is 7.76. The predicted molar refractivity (Wildman–Crippen MR) is 79.1 cm³/mol. The zero-order chi connectivity index (χ0) is 17.1. The largest absolute Gasteiger partial charge is 0.417 e. The van der Waals surface area contributed by atoms with Gasteiger partial charge in [-0.3, -0.25) is 0 Å². The second-order valence-corrected chi connectivity index (χ2v) is 6.92. The molecule has 0 spiro atoms. The van der Waals surface area contributed by atoms with Crippen LogP contribution >= 0.6 is 0 Å². The molecular weight excluding hydrogens is 319 g/mol. The quantitative estimate of drug-likeness (QED) is 0.832. The molecule has 0 aromatic heterocycles. The summed E-state index contributed by atoms with van der Waals surface area (Å²) in [6.45, 7) is 2.61. The monoisotopic (exact) mass is 339 g/mol. The Hall–Kier alpha value is -1.32. The van der Waals surface area contributed by atoms with E-state index in [1.54, 1.807) is 0 Å². The van der Waals surface area contributed by atoms with Gasteiger partial charge in [0, 0.05) is 11.7 Å². The molecule has 0 amide bonds. The molecule has 1 rings (SSSR count). The summed E-state index contributed by atoms with van der Waals surface area (Å²) in [4.78, 5) is 1.04. The third kappa shape index (κ3) is 5.47. The molecule has 0 saturated heterocycles. The summed E-state index contributed by atoms with van der Waals surface area (Å²) >= 11 is 0. The molecule has 0 aliphatic rings. The molecule has 0 saturated carbocycles. The summed E-state index contributed by atoms with van der Waals surface area (Å²) in [7, 11) is -0.641. The van der Waals surface area contributed by atoms with Crippen LogP contribution in [0.15, 0.2) is 23.1 Å². The second kappa shape index (κ2) is 6.84. The van der Waals surface area contributed by atoms with Crippen molar-refractivity contribution in [3.05, 3.63) is 23.8 Å². The van der Waals surface area contributed by atoms with Gasteiger partial charge in [0.15, 0.2) is 0 Å². The van der Waals surface area contributed by atoms with E-state index in [0.717, 1.165) is 25.1 Å². The van der Waals surface area contributed by atoms with Gasteiger partial charge in [0.25, 0.3) is 0 Å². The average molecular weight is 339 g/mol. The third-order valence-corrected chi connectivity index (χ3v) is 3.98. The summed E-state index contributed by atoms with van der Waals surface area (Å²) in [6.07, 6.45) is -4.07. The molecule has 126 valence electrons. The normalized spacial score (nSPS) is 14.2. The zero-order valence-corrected chi connectivity index (χ0v) is 13.4. The minimum absolute atomic E-state index is 0.0659. The number of nitrogens with two attached hydrogens (primary N) is 1. The van der Waals surface area contributed by atoms with Crippen molar-refractivity contribution in [3.63, 3.8) is 0 Å². The van der Waals surface area contributed by atoms with Gasteiger partial charge in [0.2, 0.25) is 10.0 Å². The molecule has 0 bridgehead atoms. The molecule has 0 heterocycles. The maximum absolute atomic E-state index is 13.0. The molecule has 3 N–H and O–H groups in total. The molecule has 0 radical (unpaired) electrons. The first-order valence-corrected chi connectivity index (χ1v) is 8.11. The Morgan fingerprint density at radius 3 is 2.36 bits per heavy atom. The Morgan fingerprint density at radius 2 is 1.91 bits per heavy atom. The number of rotatable bonds is 6. The van der Waals surface area contributed by atoms with Crippen LogP contribution in [0.4, 0.5) is 18.9 Å². The Kier molecular flexibility index (Phi) is 5.82. The number of hydrogen-bond acceptors (Lipinski definition) is 4. The molecule has 0 aliphatic carbocycles. The molecule has 1 aromatic rings. The van der Waals surface area contributed by atoms with Crippen molar-refractivity contribution in [2.45, 2.75) is 30.5 Å². The maximum Gasteiger partial charge on any atom is 0.417 e. The van der Waals surface area contributed by atoms with E-state index in [2.05, 4.69) is 5.32 Å². The van der Waals surface area contributed by atoms with Crippen LogP contribution in [0.5, 0.6) is 0 Å². The first kappa shape index (κ1) is 18.7. The summed E-state index contributed by atoms with van der Waals surface area (Å²) in [6, 6.07) is 2.86. The van der Waals surface area contributed by atoms with Crippen molar-refractivity contribution in [1.29, 1.82) is 0 Å².